The Hall–Kier alpha value is -2.71. The number of benzene rings is 1. The van der Waals surface area contributed by atoms with Gasteiger partial charge in [0.25, 0.3) is 5.91 Å². The third-order valence-electron chi connectivity index (χ3n) is 6.25. The lowest BCUT2D eigenvalue weighted by Crippen LogP contribution is -2.42. The predicted molar refractivity (Wildman–Crippen MR) is 128 cm³/mol. The number of nitrogens with zero attached hydrogens (tertiary/aromatic N) is 1. The van der Waals surface area contributed by atoms with Crippen LogP contribution in [-0.4, -0.2) is 57.1 Å². The third kappa shape index (κ3) is 6.21. The number of amides is 1. The Morgan fingerprint density at radius 1 is 1.09 bits per heavy atom. The first-order valence-electron chi connectivity index (χ1n) is 11.1. The second kappa shape index (κ2) is 10.5. The molecule has 8 heteroatoms. The number of methoxy groups -OCH3 is 1. The van der Waals surface area contributed by atoms with Gasteiger partial charge in [0.1, 0.15) is 6.04 Å². The van der Waals surface area contributed by atoms with Crippen LogP contribution in [0.5, 0.6) is 0 Å². The van der Waals surface area contributed by atoms with Crippen LogP contribution in [0.2, 0.25) is 0 Å². The minimum Gasteiger partial charge on any atom is -0.467 e. The lowest BCUT2D eigenvalue weighted by molar-refractivity contribution is -0.142. The van der Waals surface area contributed by atoms with Crippen LogP contribution < -0.4 is 5.32 Å². The van der Waals surface area contributed by atoms with Gasteiger partial charge in [-0.1, -0.05) is 42.0 Å². The zero-order chi connectivity index (χ0) is 24.2. The van der Waals surface area contributed by atoms with Crippen molar-refractivity contribution in [3.8, 4) is 0 Å². The number of allylic oxidation sites excluding steroid dienone is 3. The molecular weight excluding hydrogens is 440 g/mol. The second-order valence-electron chi connectivity index (χ2n) is 8.64. The third-order valence-corrected chi connectivity index (χ3v) is 7.52. The quantitative estimate of drug-likeness (QED) is 0.615. The fraction of sp³-hybridized carbons (Fsp3) is 0.440. The summed E-state index contributed by atoms with van der Waals surface area (Å²) in [4.78, 5) is 25.3. The van der Waals surface area contributed by atoms with E-state index in [1.807, 2.05) is 50.3 Å². The molecule has 0 unspecified atom stereocenters. The van der Waals surface area contributed by atoms with Crippen LogP contribution >= 0.6 is 0 Å². The average molecular weight is 473 g/mol. The Bertz CT molecular complexity index is 1110. The molecular formula is C25H32N2O5S. The van der Waals surface area contributed by atoms with Crippen molar-refractivity contribution in [2.24, 2.45) is 0 Å². The van der Waals surface area contributed by atoms with Crippen molar-refractivity contribution in [2.75, 3.05) is 26.5 Å². The van der Waals surface area contributed by atoms with Gasteiger partial charge in [0.2, 0.25) is 10.0 Å². The Kier molecular flexibility index (Phi) is 7.92. The molecule has 0 bridgehead atoms. The van der Waals surface area contributed by atoms with Crippen molar-refractivity contribution < 1.29 is 22.7 Å². The Labute approximate surface area is 196 Å². The van der Waals surface area contributed by atoms with Gasteiger partial charge in [0.05, 0.1) is 13.4 Å². The summed E-state index contributed by atoms with van der Waals surface area (Å²) < 4.78 is 29.8. The largest absolute Gasteiger partial charge is 0.467 e. The minimum atomic E-state index is -3.17. The highest BCUT2D eigenvalue weighted by Crippen LogP contribution is 2.30. The molecule has 0 aromatic heterocycles. The van der Waals surface area contributed by atoms with E-state index in [-0.39, 0.29) is 5.91 Å². The van der Waals surface area contributed by atoms with Gasteiger partial charge in [-0.25, -0.2) is 13.2 Å². The van der Waals surface area contributed by atoms with Gasteiger partial charge >= 0.3 is 5.97 Å². The molecule has 3 rings (SSSR count). The van der Waals surface area contributed by atoms with E-state index in [0.29, 0.717) is 31.5 Å². The summed E-state index contributed by atoms with van der Waals surface area (Å²) in [5.74, 6) is -0.752. The van der Waals surface area contributed by atoms with Crippen molar-refractivity contribution in [1.29, 1.82) is 0 Å². The Balaban J connectivity index is 1.70. The van der Waals surface area contributed by atoms with Crippen molar-refractivity contribution in [3.63, 3.8) is 0 Å². The minimum absolute atomic E-state index is 0.281. The van der Waals surface area contributed by atoms with Crippen LogP contribution in [0.15, 0.2) is 53.1 Å². The highest BCUT2D eigenvalue weighted by molar-refractivity contribution is 7.88. The fourth-order valence-electron chi connectivity index (χ4n) is 4.36. The monoisotopic (exact) mass is 472 g/mol. The van der Waals surface area contributed by atoms with Gasteiger partial charge in [0.15, 0.2) is 0 Å². The first kappa shape index (κ1) is 24.9. The number of nitrogens with one attached hydrogen (secondary N) is 1. The maximum absolute atomic E-state index is 12.9. The van der Waals surface area contributed by atoms with Crippen LogP contribution in [0.25, 0.3) is 0 Å². The topological polar surface area (TPSA) is 92.8 Å². The summed E-state index contributed by atoms with van der Waals surface area (Å²) in [6.45, 7) is 4.64. The number of carbonyl (C=O) groups is 2. The van der Waals surface area contributed by atoms with Crippen molar-refractivity contribution in [3.05, 3.63) is 69.8 Å². The van der Waals surface area contributed by atoms with Crippen molar-refractivity contribution >= 4 is 21.9 Å². The molecule has 2 aliphatic rings. The molecule has 0 radical (unpaired) electrons. The average Bonchev–Trinajstić information content (AvgIpc) is 2.78. The summed E-state index contributed by atoms with van der Waals surface area (Å²) in [6, 6.07) is 4.89. The molecule has 1 amide bonds. The van der Waals surface area contributed by atoms with Gasteiger partial charge in [-0.3, -0.25) is 4.79 Å². The normalized spacial score (nSPS) is 18.0. The zero-order valence-corrected chi connectivity index (χ0v) is 20.5. The molecule has 0 saturated heterocycles. The molecule has 0 spiro atoms. The number of hydrogen-bond donors (Lipinski definition) is 1. The second-order valence-corrected chi connectivity index (χ2v) is 10.6. The van der Waals surface area contributed by atoms with Crippen molar-refractivity contribution in [1.82, 2.24) is 9.62 Å². The molecule has 1 aliphatic heterocycles. The molecule has 1 N–H and O–H groups in total. The number of esters is 1. The van der Waals surface area contributed by atoms with E-state index in [4.69, 9.17) is 4.74 Å². The Morgan fingerprint density at radius 2 is 1.79 bits per heavy atom. The number of carbonyl (C=O) groups excluding carboxylic acids is 2. The number of aryl methyl sites for hydroxylation is 2. The smallest absolute Gasteiger partial charge is 0.328 e. The SMILES string of the molecule is COC(=O)[C@H](CC1=CC=C(C2=CCN(S(C)(=O)=O)CC2)CC1)NC(=O)c1c(C)cccc1C. The predicted octanol–water partition coefficient (Wildman–Crippen LogP) is 3.20. The van der Waals surface area contributed by atoms with E-state index < -0.39 is 22.0 Å². The molecule has 1 heterocycles. The molecule has 178 valence electrons. The van der Waals surface area contributed by atoms with Gasteiger partial charge in [-0.15, -0.1) is 0 Å². The van der Waals surface area contributed by atoms with Crippen LogP contribution in [0, 0.1) is 13.8 Å². The first-order chi connectivity index (χ1) is 15.6. The molecule has 1 aromatic rings. The van der Waals surface area contributed by atoms with E-state index in [2.05, 4.69) is 5.32 Å². The lowest BCUT2D eigenvalue weighted by atomic mass is 9.88. The molecule has 0 saturated carbocycles. The molecule has 0 fully saturated rings. The summed E-state index contributed by atoms with van der Waals surface area (Å²) in [5.41, 5.74) is 5.73. The zero-order valence-electron chi connectivity index (χ0n) is 19.7. The molecule has 1 atom stereocenters. The fourth-order valence-corrected chi connectivity index (χ4v) is 5.13. The van der Waals surface area contributed by atoms with Gasteiger partial charge < -0.3 is 10.1 Å². The lowest BCUT2D eigenvalue weighted by Gasteiger charge is -2.27. The summed E-state index contributed by atoms with van der Waals surface area (Å²) in [7, 11) is -1.85. The highest BCUT2D eigenvalue weighted by atomic mass is 32.2. The molecule has 1 aromatic carbocycles. The molecule has 33 heavy (non-hydrogen) atoms. The van der Waals surface area contributed by atoms with Crippen LogP contribution in [0.4, 0.5) is 0 Å². The first-order valence-corrected chi connectivity index (χ1v) is 12.9. The highest BCUT2D eigenvalue weighted by Gasteiger charge is 2.26. The summed E-state index contributed by atoms with van der Waals surface area (Å²) in [6.07, 6.45) is 9.93. The molecule has 1 aliphatic carbocycles. The number of hydrogen-bond acceptors (Lipinski definition) is 5. The summed E-state index contributed by atoms with van der Waals surface area (Å²) >= 11 is 0. The van der Waals surface area contributed by atoms with E-state index in [0.717, 1.165) is 29.5 Å². The van der Waals surface area contributed by atoms with E-state index >= 15 is 0 Å². The van der Waals surface area contributed by atoms with Gasteiger partial charge in [-0.2, -0.15) is 4.31 Å². The molecule has 7 nitrogen and oxygen atoms in total. The number of ether oxygens (including phenoxy) is 1. The number of rotatable bonds is 7. The maximum atomic E-state index is 12.9. The van der Waals surface area contributed by atoms with Gasteiger partial charge in [-0.05, 0) is 61.8 Å². The van der Waals surface area contributed by atoms with Gasteiger partial charge in [0, 0.05) is 18.7 Å². The van der Waals surface area contributed by atoms with E-state index in [9.17, 15) is 18.0 Å². The van der Waals surface area contributed by atoms with E-state index in [1.165, 1.54) is 28.8 Å². The Morgan fingerprint density at radius 3 is 2.30 bits per heavy atom. The standard InChI is InChI=1S/C25H32N2O5S/c1-17-6-5-7-18(2)23(17)24(28)26-22(25(29)32-3)16-19-8-10-20(11-9-19)21-12-14-27(15-13-21)33(4,30)31/h5-8,10,12,22H,9,11,13-16H2,1-4H3,(H,26,28)/t22-/m0/s1. The van der Waals surface area contributed by atoms with Crippen LogP contribution in [0.1, 0.15) is 47.2 Å². The van der Waals surface area contributed by atoms with E-state index in [1.54, 1.807) is 0 Å². The van der Waals surface area contributed by atoms with Crippen LogP contribution in [-0.2, 0) is 19.6 Å². The number of sulfonamides is 1. The van der Waals surface area contributed by atoms with Crippen LogP contribution in [0.3, 0.4) is 0 Å². The maximum Gasteiger partial charge on any atom is 0.328 e. The summed E-state index contributed by atoms with van der Waals surface area (Å²) in [5, 5.41) is 2.86. The van der Waals surface area contributed by atoms with Crippen molar-refractivity contribution in [2.45, 2.75) is 45.6 Å².